The van der Waals surface area contributed by atoms with E-state index in [0.29, 0.717) is 10.8 Å². The Bertz CT molecular complexity index is 887. The lowest BCUT2D eigenvalue weighted by atomic mass is 9.93. The summed E-state index contributed by atoms with van der Waals surface area (Å²) in [6.45, 7) is 22.1. The zero-order chi connectivity index (χ0) is 26.6. The van der Waals surface area contributed by atoms with Crippen molar-refractivity contribution in [3.05, 3.63) is 36.1 Å². The van der Waals surface area contributed by atoms with Gasteiger partial charge < -0.3 is 24.0 Å². The number of carbonyl (C=O) groups excluding carboxylic acids is 3. The highest BCUT2D eigenvalue weighted by atomic mass is 32.2. The van der Waals surface area contributed by atoms with Crippen LogP contribution in [-0.2, 0) is 23.4 Å². The average Bonchev–Trinajstić information content (AvgIpc) is 3.06. The van der Waals surface area contributed by atoms with Crippen LogP contribution in [0.1, 0.15) is 34.6 Å². The summed E-state index contributed by atoms with van der Waals surface area (Å²) in [6, 6.07) is 0. The fraction of sp³-hybridized carbons (Fsp3) is 0.625. The van der Waals surface area contributed by atoms with E-state index in [4.69, 9.17) is 18.6 Å². The van der Waals surface area contributed by atoms with Crippen LogP contribution in [-0.4, -0.2) is 62.6 Å². The quantitative estimate of drug-likeness (QED) is 0.164. The number of rotatable bonds is 12. The Labute approximate surface area is 213 Å². The van der Waals surface area contributed by atoms with Crippen LogP contribution < -0.4 is 5.32 Å². The van der Waals surface area contributed by atoms with Gasteiger partial charge in [0.05, 0.1) is 23.5 Å². The molecule has 9 nitrogen and oxygen atoms in total. The first kappa shape index (κ1) is 29.0. The maximum atomic E-state index is 13.2. The molecule has 0 saturated carbocycles. The smallest absolute Gasteiger partial charge is 0.445 e. The predicted molar refractivity (Wildman–Crippen MR) is 138 cm³/mol. The van der Waals surface area contributed by atoms with Crippen molar-refractivity contribution in [1.82, 2.24) is 10.2 Å². The van der Waals surface area contributed by atoms with E-state index >= 15 is 0 Å². The van der Waals surface area contributed by atoms with Crippen molar-refractivity contribution in [3.63, 3.8) is 0 Å². The standard InChI is InChI=1S/C24H38N2O7SSi/c1-10-12-30-22(28)25-14-17-20(32-23(29)31-13-11-2)26-19(27)18(21(26)34-17)16(5)33-35(8,9)24(6,7)15(3)4/h10-11,15-16,18,21H,1-2,12-14H2,3-9H3,(H,25,28)/t16-,18+,21-/m1/s1. The van der Waals surface area contributed by atoms with Gasteiger partial charge in [0, 0.05) is 0 Å². The molecule has 0 aromatic carbocycles. The van der Waals surface area contributed by atoms with Crippen LogP contribution in [0.2, 0.25) is 18.1 Å². The SMILES string of the molecule is C=CCOC(=O)NCC1=C(OC(=O)OCC=C)N2C(=O)[C@H]([C@@H](C)O[Si](C)(C)C(C)(C)C(C)C)[C@H]2S1. The number of amides is 2. The number of hydrogen-bond donors (Lipinski definition) is 1. The number of β-lactam (4-membered cyclic amide) rings is 1. The van der Waals surface area contributed by atoms with Crippen molar-refractivity contribution in [2.75, 3.05) is 19.8 Å². The van der Waals surface area contributed by atoms with Crippen molar-refractivity contribution < 1.29 is 33.0 Å². The second-order valence-corrected chi connectivity index (χ2v) is 15.6. The molecule has 1 N–H and O–H groups in total. The molecule has 0 spiro atoms. The van der Waals surface area contributed by atoms with Crippen molar-refractivity contribution in [2.45, 2.75) is 64.2 Å². The highest BCUT2D eigenvalue weighted by Gasteiger charge is 2.59. The number of alkyl carbamates (subject to hydrolysis) is 1. The topological polar surface area (TPSA) is 103 Å². The lowest BCUT2D eigenvalue weighted by Crippen LogP contribution is -2.62. The molecule has 2 amide bonds. The second kappa shape index (κ2) is 11.7. The Morgan fingerprint density at radius 2 is 1.77 bits per heavy atom. The number of ether oxygens (including phenoxy) is 3. The van der Waals surface area contributed by atoms with E-state index in [1.807, 2.05) is 6.92 Å². The third-order valence-electron chi connectivity index (χ3n) is 7.01. The molecule has 11 heteroatoms. The molecule has 35 heavy (non-hydrogen) atoms. The van der Waals surface area contributed by atoms with Gasteiger partial charge in [0.1, 0.15) is 18.6 Å². The van der Waals surface area contributed by atoms with Crippen LogP contribution >= 0.6 is 11.8 Å². The molecule has 2 aliphatic rings. The molecule has 1 saturated heterocycles. The van der Waals surface area contributed by atoms with Gasteiger partial charge in [-0.2, -0.15) is 0 Å². The minimum Gasteiger partial charge on any atom is -0.445 e. The van der Waals surface area contributed by atoms with Gasteiger partial charge in [0.25, 0.3) is 0 Å². The fourth-order valence-corrected chi connectivity index (χ4v) is 8.02. The Hall–Kier alpha value is -2.24. The number of thioether (sulfide) groups is 1. The number of hydrogen-bond acceptors (Lipinski definition) is 8. The van der Waals surface area contributed by atoms with E-state index in [9.17, 15) is 14.4 Å². The van der Waals surface area contributed by atoms with Gasteiger partial charge in [-0.25, -0.2) is 9.59 Å². The molecule has 0 aromatic rings. The highest BCUT2D eigenvalue weighted by molar-refractivity contribution is 8.04. The van der Waals surface area contributed by atoms with E-state index in [0.717, 1.165) is 0 Å². The van der Waals surface area contributed by atoms with Gasteiger partial charge in [-0.05, 0) is 31.0 Å². The van der Waals surface area contributed by atoms with Crippen LogP contribution in [0.25, 0.3) is 0 Å². The van der Waals surface area contributed by atoms with Gasteiger partial charge in [-0.15, -0.1) is 0 Å². The first-order chi connectivity index (χ1) is 16.3. The van der Waals surface area contributed by atoms with Crippen LogP contribution in [0.4, 0.5) is 9.59 Å². The minimum absolute atomic E-state index is 0.00112. The molecular formula is C24H38N2O7SSi. The number of fused-ring (bicyclic) bond motifs is 1. The third kappa shape index (κ3) is 6.31. The summed E-state index contributed by atoms with van der Waals surface area (Å²) in [5.41, 5.74) is 0. The van der Waals surface area contributed by atoms with E-state index in [1.165, 1.54) is 28.8 Å². The van der Waals surface area contributed by atoms with E-state index in [-0.39, 0.29) is 48.1 Å². The van der Waals surface area contributed by atoms with Gasteiger partial charge >= 0.3 is 12.2 Å². The van der Waals surface area contributed by atoms with E-state index < -0.39 is 26.5 Å². The molecule has 2 heterocycles. The van der Waals surface area contributed by atoms with Gasteiger partial charge in [0.15, 0.2) is 8.32 Å². The molecule has 0 radical (unpaired) electrons. The lowest BCUT2D eigenvalue weighted by molar-refractivity contribution is -0.155. The van der Waals surface area contributed by atoms with Crippen LogP contribution in [0.5, 0.6) is 0 Å². The second-order valence-electron chi connectivity index (χ2n) is 9.87. The average molecular weight is 527 g/mol. The van der Waals surface area contributed by atoms with Crippen LogP contribution in [0, 0.1) is 11.8 Å². The fourth-order valence-electron chi connectivity index (χ4n) is 3.77. The van der Waals surface area contributed by atoms with Crippen molar-refractivity contribution in [2.24, 2.45) is 11.8 Å². The Balaban J connectivity index is 2.18. The summed E-state index contributed by atoms with van der Waals surface area (Å²) in [4.78, 5) is 39.2. The van der Waals surface area contributed by atoms with Crippen molar-refractivity contribution in [1.29, 1.82) is 0 Å². The Morgan fingerprint density at radius 3 is 2.34 bits per heavy atom. The zero-order valence-corrected chi connectivity index (χ0v) is 23.5. The largest absolute Gasteiger partial charge is 0.515 e. The number of carbonyl (C=O) groups is 3. The summed E-state index contributed by atoms with van der Waals surface area (Å²) in [5.74, 6) is -0.126. The molecule has 3 atom stereocenters. The molecular weight excluding hydrogens is 488 g/mol. The first-order valence-corrected chi connectivity index (χ1v) is 15.4. The highest BCUT2D eigenvalue weighted by Crippen LogP contribution is 2.52. The van der Waals surface area contributed by atoms with Crippen molar-refractivity contribution >= 4 is 38.2 Å². The number of nitrogens with zero attached hydrogens (tertiary/aromatic N) is 1. The Kier molecular flexibility index (Phi) is 9.66. The summed E-state index contributed by atoms with van der Waals surface area (Å²) in [5, 5.41) is 2.29. The summed E-state index contributed by atoms with van der Waals surface area (Å²) >= 11 is 1.36. The maximum absolute atomic E-state index is 13.2. The van der Waals surface area contributed by atoms with Crippen molar-refractivity contribution in [3.8, 4) is 0 Å². The summed E-state index contributed by atoms with van der Waals surface area (Å²) in [6.07, 6.45) is 0.933. The molecule has 1 fully saturated rings. The molecule has 196 valence electrons. The maximum Gasteiger partial charge on any atom is 0.515 e. The Morgan fingerprint density at radius 1 is 1.17 bits per heavy atom. The van der Waals surface area contributed by atoms with E-state index in [2.05, 4.69) is 59.3 Å². The zero-order valence-electron chi connectivity index (χ0n) is 21.7. The normalized spacial score (nSPS) is 20.7. The van der Waals surface area contributed by atoms with E-state index in [1.54, 1.807) is 0 Å². The molecule has 0 aliphatic carbocycles. The number of nitrogens with one attached hydrogen (secondary N) is 1. The monoisotopic (exact) mass is 526 g/mol. The van der Waals surface area contributed by atoms with Crippen LogP contribution in [0.15, 0.2) is 36.1 Å². The van der Waals surface area contributed by atoms with Gasteiger partial charge in [-0.1, -0.05) is 64.8 Å². The summed E-state index contributed by atoms with van der Waals surface area (Å²) < 4.78 is 21.8. The molecule has 2 rings (SSSR count). The minimum atomic E-state index is -2.18. The third-order valence-corrected chi connectivity index (χ3v) is 13.0. The molecule has 0 aromatic heterocycles. The first-order valence-electron chi connectivity index (χ1n) is 11.7. The lowest BCUT2D eigenvalue weighted by Gasteiger charge is -2.49. The molecule has 0 bridgehead atoms. The van der Waals surface area contributed by atoms with Gasteiger partial charge in [-0.3, -0.25) is 9.69 Å². The molecule has 0 unspecified atom stereocenters. The predicted octanol–water partition coefficient (Wildman–Crippen LogP) is 4.98. The summed E-state index contributed by atoms with van der Waals surface area (Å²) in [7, 11) is -2.18. The van der Waals surface area contributed by atoms with Gasteiger partial charge in [0.2, 0.25) is 11.8 Å². The van der Waals surface area contributed by atoms with Crippen LogP contribution in [0.3, 0.4) is 0 Å². The molecule has 2 aliphatic heterocycles.